The van der Waals surface area contributed by atoms with E-state index >= 15 is 0 Å². The maximum atomic E-state index is 12.1. The van der Waals surface area contributed by atoms with Gasteiger partial charge < -0.3 is 14.8 Å². The van der Waals surface area contributed by atoms with Crippen molar-refractivity contribution in [2.45, 2.75) is 64.5 Å². The fourth-order valence-electron chi connectivity index (χ4n) is 2.22. The lowest BCUT2D eigenvalue weighted by Gasteiger charge is -2.19. The van der Waals surface area contributed by atoms with E-state index in [2.05, 4.69) is 5.32 Å². The zero-order valence-corrected chi connectivity index (χ0v) is 16.1. The number of carbonyl (C=O) groups is 3. The molecule has 0 saturated heterocycles. The molecule has 0 saturated carbocycles. The SMILES string of the molecule is COC(=O)C(CCCCCC(=O)OC(C)(C)C)NC(=O)c1cccs1. The standard InChI is InChI=1S/C18H27NO5S/c1-18(2,3)24-15(20)11-7-5-6-9-13(17(22)23-4)19-16(21)14-10-8-12-25-14/h8,10,12-13H,5-7,9,11H2,1-4H3,(H,19,21). The Balaban J connectivity index is 2.35. The molecule has 1 amide bonds. The largest absolute Gasteiger partial charge is 0.467 e. The van der Waals surface area contributed by atoms with Crippen molar-refractivity contribution in [2.75, 3.05) is 7.11 Å². The van der Waals surface area contributed by atoms with Gasteiger partial charge in [0, 0.05) is 6.42 Å². The second kappa shape index (κ2) is 10.2. The number of ether oxygens (including phenoxy) is 2. The Morgan fingerprint density at radius 1 is 1.20 bits per heavy atom. The van der Waals surface area contributed by atoms with E-state index in [9.17, 15) is 14.4 Å². The van der Waals surface area contributed by atoms with E-state index in [0.29, 0.717) is 30.6 Å². The summed E-state index contributed by atoms with van der Waals surface area (Å²) in [6, 6.07) is 2.81. The predicted octanol–water partition coefficient (Wildman–Crippen LogP) is 3.31. The number of methoxy groups -OCH3 is 1. The third-order valence-electron chi connectivity index (χ3n) is 3.33. The molecule has 1 aromatic rings. The normalized spacial score (nSPS) is 12.3. The van der Waals surface area contributed by atoms with Gasteiger partial charge in [-0.25, -0.2) is 4.79 Å². The Kier molecular flexibility index (Phi) is 8.61. The fourth-order valence-corrected chi connectivity index (χ4v) is 2.84. The lowest BCUT2D eigenvalue weighted by atomic mass is 10.1. The maximum Gasteiger partial charge on any atom is 0.328 e. The number of esters is 2. The van der Waals surface area contributed by atoms with Gasteiger partial charge in [0.2, 0.25) is 0 Å². The molecule has 0 spiro atoms. The van der Waals surface area contributed by atoms with Crippen LogP contribution >= 0.6 is 11.3 Å². The van der Waals surface area contributed by atoms with Crippen LogP contribution in [0.5, 0.6) is 0 Å². The summed E-state index contributed by atoms with van der Waals surface area (Å²) in [5.74, 6) is -0.959. The van der Waals surface area contributed by atoms with Gasteiger partial charge >= 0.3 is 11.9 Å². The molecule has 0 aliphatic carbocycles. The van der Waals surface area contributed by atoms with Gasteiger partial charge in [-0.2, -0.15) is 0 Å². The van der Waals surface area contributed by atoms with Gasteiger partial charge in [0.05, 0.1) is 12.0 Å². The van der Waals surface area contributed by atoms with E-state index < -0.39 is 17.6 Å². The van der Waals surface area contributed by atoms with Crippen LogP contribution in [0.1, 0.15) is 62.5 Å². The third-order valence-corrected chi connectivity index (χ3v) is 4.20. The van der Waals surface area contributed by atoms with Gasteiger partial charge in [0.1, 0.15) is 11.6 Å². The first-order chi connectivity index (χ1) is 11.7. The predicted molar refractivity (Wildman–Crippen MR) is 96.5 cm³/mol. The average Bonchev–Trinajstić information content (AvgIpc) is 3.05. The molecule has 1 atom stereocenters. The minimum Gasteiger partial charge on any atom is -0.467 e. The Labute approximate surface area is 152 Å². The number of hydrogen-bond donors (Lipinski definition) is 1. The van der Waals surface area contributed by atoms with Crippen molar-refractivity contribution in [3.05, 3.63) is 22.4 Å². The third kappa shape index (κ3) is 8.67. The molecule has 6 nitrogen and oxygen atoms in total. The van der Waals surface area contributed by atoms with Gasteiger partial charge in [0.15, 0.2) is 0 Å². The number of unbranched alkanes of at least 4 members (excludes halogenated alkanes) is 2. The number of nitrogens with one attached hydrogen (secondary N) is 1. The van der Waals surface area contributed by atoms with Crippen molar-refractivity contribution in [3.63, 3.8) is 0 Å². The number of carbonyl (C=O) groups excluding carboxylic acids is 3. The highest BCUT2D eigenvalue weighted by Crippen LogP contribution is 2.13. The summed E-state index contributed by atoms with van der Waals surface area (Å²) in [6.07, 6.45) is 2.97. The summed E-state index contributed by atoms with van der Waals surface area (Å²) in [5, 5.41) is 4.51. The second-order valence-corrected chi connectivity index (χ2v) is 7.66. The van der Waals surface area contributed by atoms with Gasteiger partial charge in [0.25, 0.3) is 5.91 Å². The van der Waals surface area contributed by atoms with Crippen molar-refractivity contribution in [3.8, 4) is 0 Å². The minimum absolute atomic E-state index is 0.219. The van der Waals surface area contributed by atoms with E-state index in [4.69, 9.17) is 9.47 Å². The molecule has 1 heterocycles. The number of rotatable bonds is 9. The van der Waals surface area contributed by atoms with Gasteiger partial charge in [-0.05, 0) is 45.1 Å². The van der Waals surface area contributed by atoms with Crippen LogP contribution in [-0.2, 0) is 19.1 Å². The van der Waals surface area contributed by atoms with Crippen LogP contribution < -0.4 is 5.32 Å². The molecule has 7 heteroatoms. The van der Waals surface area contributed by atoms with Crippen LogP contribution in [-0.4, -0.2) is 36.6 Å². The van der Waals surface area contributed by atoms with Crippen LogP contribution in [0, 0.1) is 0 Å². The molecule has 140 valence electrons. The number of thiophene rings is 1. The molecule has 0 bridgehead atoms. The summed E-state index contributed by atoms with van der Waals surface area (Å²) in [6.45, 7) is 5.51. The molecule has 0 fully saturated rings. The molecular formula is C18H27NO5S. The van der Waals surface area contributed by atoms with Crippen LogP contribution in [0.3, 0.4) is 0 Å². The molecule has 0 radical (unpaired) electrons. The van der Waals surface area contributed by atoms with E-state index in [0.717, 1.165) is 6.42 Å². The maximum absolute atomic E-state index is 12.1. The zero-order chi connectivity index (χ0) is 18.9. The molecule has 0 aliphatic rings. The quantitative estimate of drug-likeness (QED) is 0.533. The van der Waals surface area contributed by atoms with Crippen LogP contribution in [0.25, 0.3) is 0 Å². The summed E-state index contributed by atoms with van der Waals surface area (Å²) in [5.41, 5.74) is -0.473. The highest BCUT2D eigenvalue weighted by molar-refractivity contribution is 7.12. The average molecular weight is 369 g/mol. The van der Waals surface area contributed by atoms with Gasteiger partial charge in [-0.1, -0.05) is 18.9 Å². The van der Waals surface area contributed by atoms with Crippen LogP contribution in [0.2, 0.25) is 0 Å². The van der Waals surface area contributed by atoms with Crippen LogP contribution in [0.4, 0.5) is 0 Å². The minimum atomic E-state index is -0.680. The molecule has 1 unspecified atom stereocenters. The Morgan fingerprint density at radius 3 is 2.48 bits per heavy atom. The number of amides is 1. The Morgan fingerprint density at radius 2 is 1.92 bits per heavy atom. The first-order valence-corrected chi connectivity index (χ1v) is 9.25. The molecule has 0 aliphatic heterocycles. The number of hydrogen-bond acceptors (Lipinski definition) is 6. The monoisotopic (exact) mass is 369 g/mol. The van der Waals surface area contributed by atoms with E-state index in [-0.39, 0.29) is 11.9 Å². The van der Waals surface area contributed by atoms with E-state index in [1.807, 2.05) is 20.8 Å². The summed E-state index contributed by atoms with van der Waals surface area (Å²) in [4.78, 5) is 36.1. The van der Waals surface area contributed by atoms with E-state index in [1.165, 1.54) is 18.4 Å². The lowest BCUT2D eigenvalue weighted by Crippen LogP contribution is -2.41. The van der Waals surface area contributed by atoms with Crippen LogP contribution in [0.15, 0.2) is 17.5 Å². The first-order valence-electron chi connectivity index (χ1n) is 8.37. The molecule has 0 aromatic carbocycles. The topological polar surface area (TPSA) is 81.7 Å². The Bertz CT molecular complexity index is 563. The molecule has 1 N–H and O–H groups in total. The molecule has 25 heavy (non-hydrogen) atoms. The second-order valence-electron chi connectivity index (χ2n) is 6.71. The van der Waals surface area contributed by atoms with Gasteiger partial charge in [-0.3, -0.25) is 9.59 Å². The lowest BCUT2D eigenvalue weighted by molar-refractivity contribution is -0.155. The summed E-state index contributed by atoms with van der Waals surface area (Å²) < 4.78 is 10.0. The van der Waals surface area contributed by atoms with Crippen molar-refractivity contribution < 1.29 is 23.9 Å². The van der Waals surface area contributed by atoms with Gasteiger partial charge in [-0.15, -0.1) is 11.3 Å². The summed E-state index contributed by atoms with van der Waals surface area (Å²) >= 11 is 1.32. The van der Waals surface area contributed by atoms with Crippen molar-refractivity contribution in [1.82, 2.24) is 5.32 Å². The fraction of sp³-hybridized carbons (Fsp3) is 0.611. The zero-order valence-electron chi connectivity index (χ0n) is 15.3. The molecular weight excluding hydrogens is 342 g/mol. The summed E-state index contributed by atoms with van der Waals surface area (Å²) in [7, 11) is 1.30. The van der Waals surface area contributed by atoms with Crippen molar-refractivity contribution in [2.24, 2.45) is 0 Å². The first kappa shape index (κ1) is 21.2. The molecule has 1 rings (SSSR count). The van der Waals surface area contributed by atoms with Crippen molar-refractivity contribution in [1.29, 1.82) is 0 Å². The van der Waals surface area contributed by atoms with E-state index in [1.54, 1.807) is 17.5 Å². The van der Waals surface area contributed by atoms with Crippen molar-refractivity contribution >= 4 is 29.2 Å². The highest BCUT2D eigenvalue weighted by Gasteiger charge is 2.22. The molecule has 1 aromatic heterocycles. The smallest absolute Gasteiger partial charge is 0.328 e. The highest BCUT2D eigenvalue weighted by atomic mass is 32.1. The Hall–Kier alpha value is -1.89.